The number of hydrogen-bond acceptors (Lipinski definition) is 4. The Labute approximate surface area is 167 Å². The van der Waals surface area contributed by atoms with E-state index < -0.39 is 6.43 Å². The number of hydrogen-bond donors (Lipinski definition) is 0. The van der Waals surface area contributed by atoms with Crippen LogP contribution in [0.3, 0.4) is 0 Å². The first kappa shape index (κ1) is 19.6. The van der Waals surface area contributed by atoms with Crippen molar-refractivity contribution in [2.75, 3.05) is 13.1 Å². The summed E-state index contributed by atoms with van der Waals surface area (Å²) in [5.41, 5.74) is 1.52. The van der Waals surface area contributed by atoms with E-state index >= 15 is 0 Å². The third kappa shape index (κ3) is 4.48. The van der Waals surface area contributed by atoms with E-state index in [2.05, 4.69) is 9.88 Å². The Morgan fingerprint density at radius 2 is 2.03 bits per heavy atom. The fourth-order valence-corrected chi connectivity index (χ4v) is 3.88. The molecular formula is C21H24F2N4O2. The molecule has 0 atom stereocenters. The number of aromatic nitrogens is 3. The van der Waals surface area contributed by atoms with Crippen LogP contribution in [0, 0.1) is 0 Å². The lowest BCUT2D eigenvalue weighted by Crippen LogP contribution is -2.38. The van der Waals surface area contributed by atoms with Crippen molar-refractivity contribution in [1.82, 2.24) is 19.0 Å². The topological polar surface area (TPSA) is 52.3 Å². The molecule has 0 bridgehead atoms. The minimum absolute atomic E-state index is 0.0913. The predicted octanol–water partition coefficient (Wildman–Crippen LogP) is 3.04. The molecule has 1 saturated heterocycles. The Kier molecular flexibility index (Phi) is 5.62. The van der Waals surface area contributed by atoms with E-state index in [-0.39, 0.29) is 18.3 Å². The number of piperidine rings is 1. The summed E-state index contributed by atoms with van der Waals surface area (Å²) < 4.78 is 34.8. The molecule has 0 amide bonds. The number of likely N-dealkylation sites (tertiary alicyclic amines) is 1. The zero-order valence-corrected chi connectivity index (χ0v) is 16.3. The molecule has 1 aliphatic heterocycles. The molecule has 0 spiro atoms. The molecular weight excluding hydrogens is 378 g/mol. The molecule has 154 valence electrons. The molecule has 4 rings (SSSR count). The van der Waals surface area contributed by atoms with E-state index in [9.17, 15) is 13.6 Å². The third-order valence-corrected chi connectivity index (χ3v) is 5.34. The van der Waals surface area contributed by atoms with Crippen LogP contribution in [0.4, 0.5) is 8.78 Å². The Hall–Kier alpha value is -2.74. The van der Waals surface area contributed by atoms with Crippen LogP contribution in [0.25, 0.3) is 10.9 Å². The molecule has 0 unspecified atom stereocenters. The van der Waals surface area contributed by atoms with Crippen molar-refractivity contribution in [2.24, 2.45) is 7.05 Å². The lowest BCUT2D eigenvalue weighted by Gasteiger charge is -2.32. The molecule has 0 N–H and O–H groups in total. The molecule has 1 aromatic carbocycles. The second kappa shape index (κ2) is 8.32. The van der Waals surface area contributed by atoms with E-state index in [1.807, 2.05) is 30.5 Å². The number of benzene rings is 1. The van der Waals surface area contributed by atoms with Crippen LogP contribution >= 0.6 is 0 Å². The van der Waals surface area contributed by atoms with Gasteiger partial charge < -0.3 is 13.9 Å². The van der Waals surface area contributed by atoms with Crippen LogP contribution in [-0.2, 0) is 20.1 Å². The molecule has 3 heterocycles. The molecule has 29 heavy (non-hydrogen) atoms. The molecule has 3 aromatic rings. The summed E-state index contributed by atoms with van der Waals surface area (Å²) in [4.78, 5) is 17.6. The maximum Gasteiger partial charge on any atom is 0.347 e. The highest BCUT2D eigenvalue weighted by atomic mass is 19.3. The molecule has 6 nitrogen and oxygen atoms in total. The van der Waals surface area contributed by atoms with Gasteiger partial charge in [-0.1, -0.05) is 6.07 Å². The largest absolute Gasteiger partial charge is 0.490 e. The van der Waals surface area contributed by atoms with Gasteiger partial charge in [-0.3, -0.25) is 4.90 Å². The molecule has 8 heteroatoms. The Morgan fingerprint density at radius 3 is 2.76 bits per heavy atom. The van der Waals surface area contributed by atoms with Crippen LogP contribution in [-0.4, -0.2) is 44.6 Å². The maximum absolute atomic E-state index is 12.8. The Bertz CT molecular complexity index is 1040. The minimum atomic E-state index is -2.39. The summed E-state index contributed by atoms with van der Waals surface area (Å²) in [7, 11) is 1.70. The van der Waals surface area contributed by atoms with Crippen molar-refractivity contribution >= 4 is 10.9 Å². The number of nitrogens with zero attached hydrogens (tertiary/aromatic N) is 4. The van der Waals surface area contributed by atoms with Crippen molar-refractivity contribution in [3.63, 3.8) is 0 Å². The van der Waals surface area contributed by atoms with E-state index in [1.165, 1.54) is 4.57 Å². The Morgan fingerprint density at radius 1 is 1.24 bits per heavy atom. The number of ether oxygens (including phenoxy) is 1. The number of aryl methyl sites for hydroxylation is 1. The smallest absolute Gasteiger partial charge is 0.347 e. The van der Waals surface area contributed by atoms with Crippen molar-refractivity contribution in [3.05, 3.63) is 58.9 Å². The van der Waals surface area contributed by atoms with Crippen LogP contribution in [0.2, 0.25) is 0 Å². The van der Waals surface area contributed by atoms with E-state index in [1.54, 1.807) is 24.0 Å². The molecule has 0 aliphatic carbocycles. The molecule has 2 aromatic heterocycles. The van der Waals surface area contributed by atoms with Crippen molar-refractivity contribution in [3.8, 4) is 5.75 Å². The van der Waals surface area contributed by atoms with E-state index in [0.29, 0.717) is 0 Å². The lowest BCUT2D eigenvalue weighted by molar-refractivity contribution is 0.0978. The van der Waals surface area contributed by atoms with Gasteiger partial charge in [-0.05, 0) is 31.0 Å². The third-order valence-electron chi connectivity index (χ3n) is 5.34. The van der Waals surface area contributed by atoms with Crippen molar-refractivity contribution < 1.29 is 13.5 Å². The van der Waals surface area contributed by atoms with Gasteiger partial charge in [0.15, 0.2) is 0 Å². The average molecular weight is 402 g/mol. The van der Waals surface area contributed by atoms with Gasteiger partial charge in [-0.25, -0.2) is 18.6 Å². The van der Waals surface area contributed by atoms with Gasteiger partial charge in [-0.15, -0.1) is 0 Å². The average Bonchev–Trinajstić information content (AvgIpc) is 3.10. The Balaban J connectivity index is 1.38. The highest BCUT2D eigenvalue weighted by Gasteiger charge is 2.22. The zero-order chi connectivity index (χ0) is 20.4. The number of fused-ring (bicyclic) bond motifs is 1. The van der Waals surface area contributed by atoms with Crippen LogP contribution in [0.15, 0.2) is 47.7 Å². The van der Waals surface area contributed by atoms with E-state index in [0.717, 1.165) is 54.7 Å². The fraction of sp³-hybridized carbons (Fsp3) is 0.429. The molecule has 1 aliphatic rings. The van der Waals surface area contributed by atoms with Crippen molar-refractivity contribution in [2.45, 2.75) is 38.5 Å². The molecule has 0 radical (unpaired) electrons. The highest BCUT2D eigenvalue weighted by Crippen LogP contribution is 2.29. The first-order chi connectivity index (χ1) is 14.0. The quantitative estimate of drug-likeness (QED) is 0.636. The normalized spacial score (nSPS) is 16.0. The van der Waals surface area contributed by atoms with Crippen LogP contribution < -0.4 is 10.4 Å². The monoisotopic (exact) mass is 402 g/mol. The van der Waals surface area contributed by atoms with Crippen LogP contribution in [0.5, 0.6) is 5.75 Å². The summed E-state index contributed by atoms with van der Waals surface area (Å²) >= 11 is 0. The summed E-state index contributed by atoms with van der Waals surface area (Å²) in [5, 5.41) is 0.867. The summed E-state index contributed by atoms with van der Waals surface area (Å²) in [6.45, 7) is 2.21. The van der Waals surface area contributed by atoms with Gasteiger partial charge in [0.1, 0.15) is 11.9 Å². The van der Waals surface area contributed by atoms with Gasteiger partial charge >= 0.3 is 5.69 Å². The number of halogens is 2. The number of rotatable bonds is 6. The second-order valence-corrected chi connectivity index (χ2v) is 7.50. The molecule has 0 saturated carbocycles. The highest BCUT2D eigenvalue weighted by molar-refractivity contribution is 5.86. The number of alkyl halides is 2. The van der Waals surface area contributed by atoms with E-state index in [4.69, 9.17) is 4.74 Å². The standard InChI is InChI=1S/C21H24F2N4O2/c1-25-12-15(11-24-21(25)28)13-26-8-5-16(6-9-26)29-19-4-2-3-18-17(19)7-10-27(18)14-20(22)23/h2-4,7,10-12,16,20H,5-6,8-9,13-14H2,1H3. The summed E-state index contributed by atoms with van der Waals surface area (Å²) in [5.74, 6) is 0.747. The van der Waals surface area contributed by atoms with Gasteiger partial charge in [0.25, 0.3) is 6.43 Å². The van der Waals surface area contributed by atoms with Gasteiger partial charge in [0.2, 0.25) is 0 Å². The SMILES string of the molecule is Cn1cc(CN2CCC(Oc3cccc4c3ccn4CC(F)F)CC2)cnc1=O. The molecule has 1 fully saturated rings. The van der Waals surface area contributed by atoms with Crippen molar-refractivity contribution in [1.29, 1.82) is 0 Å². The van der Waals surface area contributed by atoms with Gasteiger partial charge in [0, 0.05) is 56.2 Å². The maximum atomic E-state index is 12.8. The predicted molar refractivity (Wildman–Crippen MR) is 106 cm³/mol. The minimum Gasteiger partial charge on any atom is -0.490 e. The summed E-state index contributed by atoms with van der Waals surface area (Å²) in [6.07, 6.45) is 4.61. The van der Waals surface area contributed by atoms with Crippen LogP contribution in [0.1, 0.15) is 18.4 Å². The summed E-state index contributed by atoms with van der Waals surface area (Å²) in [6, 6.07) is 7.43. The zero-order valence-electron chi connectivity index (χ0n) is 16.3. The first-order valence-electron chi connectivity index (χ1n) is 9.76. The lowest BCUT2D eigenvalue weighted by atomic mass is 10.1. The van der Waals surface area contributed by atoms with Gasteiger partial charge in [-0.2, -0.15) is 0 Å². The van der Waals surface area contributed by atoms with Gasteiger partial charge in [0.05, 0.1) is 12.1 Å². The second-order valence-electron chi connectivity index (χ2n) is 7.50. The fourth-order valence-electron chi connectivity index (χ4n) is 3.88. The first-order valence-corrected chi connectivity index (χ1v) is 9.76.